The summed E-state index contributed by atoms with van der Waals surface area (Å²) in [6.07, 6.45) is 3.77. The maximum Gasteiger partial charge on any atom is 0.0772 e. The van der Waals surface area contributed by atoms with Crippen molar-refractivity contribution in [3.63, 3.8) is 0 Å². The summed E-state index contributed by atoms with van der Waals surface area (Å²) in [5.74, 6) is 0.538. The van der Waals surface area contributed by atoms with Crippen LogP contribution in [-0.2, 0) is 9.47 Å². The molecule has 0 aromatic heterocycles. The molecule has 2 fully saturated rings. The maximum absolute atomic E-state index is 5.97. The largest absolute Gasteiger partial charge is 0.375 e. The van der Waals surface area contributed by atoms with E-state index in [-0.39, 0.29) is 5.60 Å². The third-order valence-electron chi connectivity index (χ3n) is 3.61. The molecule has 2 aliphatic rings. The standard InChI is InChI=1S/C11H21NO2/c1-8-5-11(6-9(2)14-8)10(7-12)3-4-13-11/h8-10H,3-7,12H2,1-2H3/t8-,9+,10?,11?. The third kappa shape index (κ3) is 1.69. The molecule has 0 bridgehead atoms. The maximum atomic E-state index is 5.97. The van der Waals surface area contributed by atoms with E-state index in [4.69, 9.17) is 15.2 Å². The average molecular weight is 199 g/mol. The second-order valence-corrected chi connectivity index (χ2v) is 4.80. The van der Waals surface area contributed by atoms with E-state index in [2.05, 4.69) is 13.8 Å². The Bertz CT molecular complexity index is 197. The molecular weight excluding hydrogens is 178 g/mol. The van der Waals surface area contributed by atoms with Gasteiger partial charge in [-0.05, 0) is 26.8 Å². The lowest BCUT2D eigenvalue weighted by Gasteiger charge is -2.43. The Labute approximate surface area is 85.9 Å². The van der Waals surface area contributed by atoms with E-state index in [1.54, 1.807) is 0 Å². The third-order valence-corrected chi connectivity index (χ3v) is 3.61. The van der Waals surface area contributed by atoms with Gasteiger partial charge in [0.2, 0.25) is 0 Å². The molecule has 0 aromatic carbocycles. The molecule has 0 saturated carbocycles. The molecule has 0 amide bonds. The average Bonchev–Trinajstić information content (AvgIpc) is 2.45. The second-order valence-electron chi connectivity index (χ2n) is 4.80. The molecular formula is C11H21NO2. The first kappa shape index (κ1) is 10.4. The van der Waals surface area contributed by atoms with Crippen molar-refractivity contribution in [3.8, 4) is 0 Å². The normalized spacial score (nSPS) is 48.6. The quantitative estimate of drug-likeness (QED) is 0.692. The molecule has 2 heterocycles. The number of rotatable bonds is 1. The zero-order valence-corrected chi connectivity index (χ0v) is 9.16. The Hall–Kier alpha value is -0.120. The lowest BCUT2D eigenvalue weighted by atomic mass is 9.77. The Morgan fingerprint density at radius 1 is 1.29 bits per heavy atom. The fraction of sp³-hybridized carbons (Fsp3) is 1.00. The monoisotopic (exact) mass is 199 g/mol. The van der Waals surface area contributed by atoms with E-state index in [1.165, 1.54) is 0 Å². The van der Waals surface area contributed by atoms with Gasteiger partial charge in [0.05, 0.1) is 17.8 Å². The van der Waals surface area contributed by atoms with E-state index in [0.717, 1.165) is 32.4 Å². The van der Waals surface area contributed by atoms with E-state index >= 15 is 0 Å². The highest BCUT2D eigenvalue weighted by Crippen LogP contribution is 2.43. The zero-order valence-electron chi connectivity index (χ0n) is 9.16. The van der Waals surface area contributed by atoms with Crippen molar-refractivity contribution in [2.75, 3.05) is 13.2 Å². The number of ether oxygens (including phenoxy) is 2. The van der Waals surface area contributed by atoms with Gasteiger partial charge in [0, 0.05) is 25.4 Å². The van der Waals surface area contributed by atoms with Crippen LogP contribution in [-0.4, -0.2) is 31.0 Å². The minimum atomic E-state index is 0.0336. The molecule has 0 aromatic rings. The van der Waals surface area contributed by atoms with E-state index in [1.807, 2.05) is 0 Å². The van der Waals surface area contributed by atoms with Crippen molar-refractivity contribution in [1.29, 1.82) is 0 Å². The van der Waals surface area contributed by atoms with Crippen LogP contribution in [0, 0.1) is 5.92 Å². The predicted molar refractivity (Wildman–Crippen MR) is 55.1 cm³/mol. The summed E-state index contributed by atoms with van der Waals surface area (Å²) in [5, 5.41) is 0. The number of nitrogens with two attached hydrogens (primary N) is 1. The summed E-state index contributed by atoms with van der Waals surface area (Å²) in [7, 11) is 0. The second kappa shape index (κ2) is 3.80. The van der Waals surface area contributed by atoms with E-state index in [9.17, 15) is 0 Å². The fourth-order valence-corrected chi connectivity index (χ4v) is 3.12. The van der Waals surface area contributed by atoms with Gasteiger partial charge in [-0.1, -0.05) is 0 Å². The molecule has 1 spiro atoms. The Morgan fingerprint density at radius 3 is 2.50 bits per heavy atom. The van der Waals surface area contributed by atoms with Gasteiger partial charge in [-0.15, -0.1) is 0 Å². The van der Waals surface area contributed by atoms with Gasteiger partial charge in [-0.25, -0.2) is 0 Å². The van der Waals surface area contributed by atoms with Crippen LogP contribution < -0.4 is 5.73 Å². The molecule has 2 saturated heterocycles. The first-order valence-electron chi connectivity index (χ1n) is 5.66. The van der Waals surface area contributed by atoms with Gasteiger partial charge in [0.25, 0.3) is 0 Å². The Balaban J connectivity index is 2.12. The summed E-state index contributed by atoms with van der Waals surface area (Å²) in [4.78, 5) is 0. The van der Waals surface area contributed by atoms with Crippen LogP contribution in [0.25, 0.3) is 0 Å². The molecule has 2 N–H and O–H groups in total. The molecule has 0 radical (unpaired) electrons. The lowest BCUT2D eigenvalue weighted by Crippen LogP contribution is -2.49. The SMILES string of the molecule is C[C@@H]1CC2(C[C@H](C)O1)OCCC2CN. The summed E-state index contributed by atoms with van der Waals surface area (Å²) < 4.78 is 11.7. The van der Waals surface area contributed by atoms with Crippen LogP contribution in [0.15, 0.2) is 0 Å². The van der Waals surface area contributed by atoms with Crippen molar-refractivity contribution in [2.24, 2.45) is 11.7 Å². The molecule has 3 heteroatoms. The van der Waals surface area contributed by atoms with Crippen LogP contribution >= 0.6 is 0 Å². The van der Waals surface area contributed by atoms with Gasteiger partial charge in [-0.3, -0.25) is 0 Å². The van der Waals surface area contributed by atoms with Crippen molar-refractivity contribution < 1.29 is 9.47 Å². The summed E-state index contributed by atoms with van der Waals surface area (Å²) >= 11 is 0. The molecule has 2 aliphatic heterocycles. The van der Waals surface area contributed by atoms with Crippen molar-refractivity contribution in [3.05, 3.63) is 0 Å². The minimum absolute atomic E-state index is 0.0336. The molecule has 4 atom stereocenters. The van der Waals surface area contributed by atoms with Crippen molar-refractivity contribution >= 4 is 0 Å². The molecule has 3 nitrogen and oxygen atoms in total. The molecule has 82 valence electrons. The van der Waals surface area contributed by atoms with Crippen LogP contribution in [0.2, 0.25) is 0 Å². The molecule has 0 aliphatic carbocycles. The van der Waals surface area contributed by atoms with Gasteiger partial charge < -0.3 is 15.2 Å². The minimum Gasteiger partial charge on any atom is -0.375 e. The van der Waals surface area contributed by atoms with Crippen LogP contribution in [0.4, 0.5) is 0 Å². The topological polar surface area (TPSA) is 44.5 Å². The van der Waals surface area contributed by atoms with E-state index in [0.29, 0.717) is 18.1 Å². The van der Waals surface area contributed by atoms with Gasteiger partial charge >= 0.3 is 0 Å². The fourth-order valence-electron chi connectivity index (χ4n) is 3.12. The lowest BCUT2D eigenvalue weighted by molar-refractivity contribution is -0.151. The highest BCUT2D eigenvalue weighted by molar-refractivity contribution is 4.98. The van der Waals surface area contributed by atoms with Gasteiger partial charge in [-0.2, -0.15) is 0 Å². The Kier molecular flexibility index (Phi) is 2.82. The van der Waals surface area contributed by atoms with Gasteiger partial charge in [0.15, 0.2) is 0 Å². The summed E-state index contributed by atoms with van der Waals surface area (Å²) in [5.41, 5.74) is 5.84. The van der Waals surface area contributed by atoms with Crippen molar-refractivity contribution in [2.45, 2.75) is 50.9 Å². The molecule has 2 rings (SSSR count). The molecule has 14 heavy (non-hydrogen) atoms. The highest BCUT2D eigenvalue weighted by Gasteiger charge is 2.48. The first-order chi connectivity index (χ1) is 6.66. The van der Waals surface area contributed by atoms with Crippen LogP contribution in [0.5, 0.6) is 0 Å². The van der Waals surface area contributed by atoms with Crippen LogP contribution in [0.3, 0.4) is 0 Å². The number of hydrogen-bond donors (Lipinski definition) is 1. The predicted octanol–water partition coefficient (Wildman–Crippen LogP) is 1.31. The Morgan fingerprint density at radius 2 is 1.93 bits per heavy atom. The zero-order chi connectivity index (χ0) is 10.2. The van der Waals surface area contributed by atoms with Crippen molar-refractivity contribution in [1.82, 2.24) is 0 Å². The summed E-state index contributed by atoms with van der Waals surface area (Å²) in [6.45, 7) is 5.89. The van der Waals surface area contributed by atoms with Gasteiger partial charge in [0.1, 0.15) is 0 Å². The van der Waals surface area contributed by atoms with E-state index < -0.39 is 0 Å². The van der Waals surface area contributed by atoms with Crippen LogP contribution in [0.1, 0.15) is 33.1 Å². The highest BCUT2D eigenvalue weighted by atomic mass is 16.5. The first-order valence-corrected chi connectivity index (χ1v) is 5.66. The molecule has 2 unspecified atom stereocenters. The summed E-state index contributed by atoms with van der Waals surface area (Å²) in [6, 6.07) is 0. The number of hydrogen-bond acceptors (Lipinski definition) is 3. The smallest absolute Gasteiger partial charge is 0.0772 e.